The number of rotatable bonds is 7. The third-order valence-electron chi connectivity index (χ3n) is 4.35. The van der Waals surface area contributed by atoms with Gasteiger partial charge in [0.15, 0.2) is 0 Å². The van der Waals surface area contributed by atoms with Crippen molar-refractivity contribution >= 4 is 17.2 Å². The Labute approximate surface area is 157 Å². The molecule has 0 saturated heterocycles. The van der Waals surface area contributed by atoms with Crippen molar-refractivity contribution in [2.75, 3.05) is 0 Å². The summed E-state index contributed by atoms with van der Waals surface area (Å²) >= 11 is 1.58. The Morgan fingerprint density at radius 2 is 1.85 bits per heavy atom. The fraction of sp³-hybridized carbons (Fsp3) is 0.227. The highest BCUT2D eigenvalue weighted by atomic mass is 32.1. The third-order valence-corrected chi connectivity index (χ3v) is 5.29. The van der Waals surface area contributed by atoms with E-state index >= 15 is 0 Å². The summed E-state index contributed by atoms with van der Waals surface area (Å²) in [5.74, 6) is -0.915. The van der Waals surface area contributed by atoms with Gasteiger partial charge in [-0.15, -0.1) is 11.3 Å². The largest absolute Gasteiger partial charge is 0.340 e. The molecule has 3 aromatic rings. The highest BCUT2D eigenvalue weighted by Crippen LogP contribution is 2.27. The molecule has 3 rings (SSSR count). The van der Waals surface area contributed by atoms with Gasteiger partial charge in [-0.2, -0.15) is 0 Å². The molecule has 0 aliphatic carbocycles. The van der Waals surface area contributed by atoms with Gasteiger partial charge in [-0.1, -0.05) is 55.8 Å². The minimum atomic E-state index is -0.509. The predicted octanol–water partition coefficient (Wildman–Crippen LogP) is 5.75. The maximum atomic E-state index is 13.9. The number of carbonyl (C=O) groups is 1. The molecular weight excluding hydrogens is 345 g/mol. The van der Waals surface area contributed by atoms with E-state index in [1.165, 1.54) is 17.7 Å². The molecule has 4 heteroatoms. The summed E-state index contributed by atoms with van der Waals surface area (Å²) in [7, 11) is 0. The van der Waals surface area contributed by atoms with E-state index in [0.29, 0.717) is 0 Å². The van der Waals surface area contributed by atoms with Crippen molar-refractivity contribution in [1.29, 1.82) is 0 Å². The van der Waals surface area contributed by atoms with Gasteiger partial charge in [0, 0.05) is 4.88 Å². The summed E-state index contributed by atoms with van der Waals surface area (Å²) in [4.78, 5) is 13.6. The molecule has 134 valence electrons. The van der Waals surface area contributed by atoms with Crippen LogP contribution in [0, 0.1) is 5.82 Å². The van der Waals surface area contributed by atoms with Gasteiger partial charge in [0.05, 0.1) is 11.6 Å². The SMILES string of the molecule is CCCCc1ccc(C(NC(=O)c2ccccc2F)c2cccs2)cc1. The second-order valence-corrected chi connectivity index (χ2v) is 7.23. The van der Waals surface area contributed by atoms with Gasteiger partial charge in [0.1, 0.15) is 5.82 Å². The van der Waals surface area contributed by atoms with Crippen molar-refractivity contribution in [2.24, 2.45) is 0 Å². The first-order valence-electron chi connectivity index (χ1n) is 8.86. The van der Waals surface area contributed by atoms with Crippen molar-refractivity contribution in [1.82, 2.24) is 5.32 Å². The standard InChI is InChI=1S/C22H22FNOS/c1-2-3-7-16-11-13-17(14-12-16)21(20-10-6-15-26-20)24-22(25)18-8-4-5-9-19(18)23/h4-6,8-15,21H,2-3,7H2,1H3,(H,24,25). The van der Waals surface area contributed by atoms with Gasteiger partial charge in [-0.05, 0) is 47.5 Å². The Hall–Kier alpha value is -2.46. The summed E-state index contributed by atoms with van der Waals surface area (Å²) in [5.41, 5.74) is 2.35. The number of benzene rings is 2. The van der Waals surface area contributed by atoms with Crippen molar-refractivity contribution < 1.29 is 9.18 Å². The Balaban J connectivity index is 1.84. The predicted molar refractivity (Wildman–Crippen MR) is 105 cm³/mol. The van der Waals surface area contributed by atoms with Crippen LogP contribution in [0.15, 0.2) is 66.0 Å². The minimum absolute atomic E-state index is 0.0635. The Kier molecular flexibility index (Phi) is 6.18. The first-order chi connectivity index (χ1) is 12.7. The van der Waals surface area contributed by atoms with E-state index in [2.05, 4.69) is 36.5 Å². The lowest BCUT2D eigenvalue weighted by Crippen LogP contribution is -2.29. The lowest BCUT2D eigenvalue weighted by atomic mass is 10.0. The quantitative estimate of drug-likeness (QED) is 0.566. The molecular formula is C22H22FNOS. The average Bonchev–Trinajstić information content (AvgIpc) is 3.19. The normalized spacial score (nSPS) is 11.9. The van der Waals surface area contributed by atoms with Crippen LogP contribution in [-0.2, 0) is 6.42 Å². The molecule has 2 nitrogen and oxygen atoms in total. The van der Waals surface area contributed by atoms with Crippen LogP contribution in [-0.4, -0.2) is 5.91 Å². The number of halogens is 1. The molecule has 1 heterocycles. The summed E-state index contributed by atoms with van der Waals surface area (Å²) in [6, 6.07) is 18.0. The van der Waals surface area contributed by atoms with Crippen molar-refractivity contribution in [3.8, 4) is 0 Å². The van der Waals surface area contributed by atoms with Crippen molar-refractivity contribution in [3.63, 3.8) is 0 Å². The lowest BCUT2D eigenvalue weighted by Gasteiger charge is -2.19. The number of thiophene rings is 1. The number of aryl methyl sites for hydroxylation is 1. The molecule has 1 N–H and O–H groups in total. The number of carbonyl (C=O) groups excluding carboxylic acids is 1. The maximum absolute atomic E-state index is 13.9. The lowest BCUT2D eigenvalue weighted by molar-refractivity contribution is 0.0939. The van der Waals surface area contributed by atoms with Crippen LogP contribution in [0.4, 0.5) is 4.39 Å². The van der Waals surface area contributed by atoms with Gasteiger partial charge >= 0.3 is 0 Å². The highest BCUT2D eigenvalue weighted by Gasteiger charge is 2.20. The first kappa shape index (κ1) is 18.3. The van der Waals surface area contributed by atoms with E-state index in [9.17, 15) is 9.18 Å². The maximum Gasteiger partial charge on any atom is 0.255 e. The average molecular weight is 367 g/mol. The highest BCUT2D eigenvalue weighted by molar-refractivity contribution is 7.10. The monoisotopic (exact) mass is 367 g/mol. The number of hydrogen-bond acceptors (Lipinski definition) is 2. The van der Waals surface area contributed by atoms with Gasteiger partial charge in [-0.3, -0.25) is 4.79 Å². The van der Waals surface area contributed by atoms with E-state index in [-0.39, 0.29) is 11.6 Å². The number of nitrogens with one attached hydrogen (secondary N) is 1. The zero-order valence-electron chi connectivity index (χ0n) is 14.7. The summed E-state index contributed by atoms with van der Waals surface area (Å²) in [6.07, 6.45) is 3.39. The molecule has 26 heavy (non-hydrogen) atoms. The van der Waals surface area contributed by atoms with Gasteiger partial charge in [-0.25, -0.2) is 4.39 Å². The van der Waals surface area contributed by atoms with E-state index in [1.54, 1.807) is 23.5 Å². The van der Waals surface area contributed by atoms with Crippen LogP contribution in [0.3, 0.4) is 0 Å². The van der Waals surface area contributed by atoms with Crippen LogP contribution in [0.1, 0.15) is 52.2 Å². The molecule has 1 unspecified atom stereocenters. The van der Waals surface area contributed by atoms with Crippen molar-refractivity contribution in [2.45, 2.75) is 32.2 Å². The van der Waals surface area contributed by atoms with Crippen LogP contribution < -0.4 is 5.32 Å². The van der Waals surface area contributed by atoms with Crippen LogP contribution in [0.5, 0.6) is 0 Å². The summed E-state index contributed by atoms with van der Waals surface area (Å²) in [6.45, 7) is 2.18. The van der Waals surface area contributed by atoms with Crippen LogP contribution >= 0.6 is 11.3 Å². The fourth-order valence-electron chi connectivity index (χ4n) is 2.89. The molecule has 0 spiro atoms. The molecule has 1 atom stereocenters. The second kappa shape index (κ2) is 8.77. The molecule has 0 bridgehead atoms. The van der Waals surface area contributed by atoms with E-state index < -0.39 is 11.7 Å². The summed E-state index contributed by atoms with van der Waals surface area (Å²) < 4.78 is 13.9. The van der Waals surface area contributed by atoms with E-state index in [1.807, 2.05) is 17.5 Å². The topological polar surface area (TPSA) is 29.1 Å². The van der Waals surface area contributed by atoms with Gasteiger partial charge < -0.3 is 5.32 Å². The van der Waals surface area contributed by atoms with Gasteiger partial charge in [0.2, 0.25) is 0 Å². The number of unbranched alkanes of at least 4 members (excludes halogenated alkanes) is 1. The first-order valence-corrected chi connectivity index (χ1v) is 9.74. The Morgan fingerprint density at radius 3 is 2.50 bits per heavy atom. The third kappa shape index (κ3) is 4.38. The molecule has 0 radical (unpaired) electrons. The molecule has 0 saturated carbocycles. The molecule has 0 fully saturated rings. The Morgan fingerprint density at radius 1 is 1.08 bits per heavy atom. The molecule has 0 aliphatic heterocycles. The second-order valence-electron chi connectivity index (χ2n) is 6.25. The zero-order valence-corrected chi connectivity index (χ0v) is 15.6. The van der Waals surface area contributed by atoms with Crippen LogP contribution in [0.2, 0.25) is 0 Å². The number of hydrogen-bond donors (Lipinski definition) is 1. The van der Waals surface area contributed by atoms with E-state index in [0.717, 1.165) is 29.7 Å². The smallest absolute Gasteiger partial charge is 0.255 e. The molecule has 1 amide bonds. The summed E-state index contributed by atoms with van der Waals surface area (Å²) in [5, 5.41) is 4.97. The zero-order chi connectivity index (χ0) is 18.4. The molecule has 0 aliphatic rings. The molecule has 1 aromatic heterocycles. The minimum Gasteiger partial charge on any atom is -0.340 e. The fourth-order valence-corrected chi connectivity index (χ4v) is 3.69. The number of amides is 1. The van der Waals surface area contributed by atoms with E-state index in [4.69, 9.17) is 0 Å². The van der Waals surface area contributed by atoms with Gasteiger partial charge in [0.25, 0.3) is 5.91 Å². The Bertz CT molecular complexity index is 843. The molecule has 2 aromatic carbocycles. The van der Waals surface area contributed by atoms with Crippen LogP contribution in [0.25, 0.3) is 0 Å². The van der Waals surface area contributed by atoms with Crippen molar-refractivity contribution in [3.05, 3.63) is 93.4 Å².